The Morgan fingerprint density at radius 2 is 1.83 bits per heavy atom. The zero-order valence-electron chi connectivity index (χ0n) is 18.4. The maximum Gasteiger partial charge on any atom is 0.308 e. The molecular formula is C23H36O7. The number of hydrogen-bond donors (Lipinski definition) is 3. The van der Waals surface area contributed by atoms with E-state index in [0.29, 0.717) is 19.3 Å². The molecule has 0 spiro atoms. The Bertz CT molecular complexity index is 656. The number of carbonyl (C=O) groups is 2. The van der Waals surface area contributed by atoms with E-state index in [1.165, 1.54) is 6.08 Å². The van der Waals surface area contributed by atoms with Gasteiger partial charge >= 0.3 is 5.97 Å². The molecule has 0 saturated carbocycles. The molecule has 0 bridgehead atoms. The van der Waals surface area contributed by atoms with Crippen molar-refractivity contribution in [2.45, 2.75) is 78.0 Å². The fraction of sp³-hybridized carbons (Fsp3) is 0.739. The summed E-state index contributed by atoms with van der Waals surface area (Å²) in [4.78, 5) is 25.1. The SMILES string of the molecule is CCC1OC(=O)CC(O)C(C)C2OC(O)CC2CC(C)C(=O)/C=C/C(C)=C/C1CO. The van der Waals surface area contributed by atoms with Crippen LogP contribution in [0.25, 0.3) is 0 Å². The number of allylic oxidation sites excluding steroid dienone is 3. The van der Waals surface area contributed by atoms with Gasteiger partial charge in [0.2, 0.25) is 0 Å². The molecule has 0 aliphatic carbocycles. The summed E-state index contributed by atoms with van der Waals surface area (Å²) in [5.74, 6) is -1.75. The van der Waals surface area contributed by atoms with Crippen molar-refractivity contribution < 1.29 is 34.4 Å². The van der Waals surface area contributed by atoms with E-state index in [0.717, 1.165) is 5.57 Å². The van der Waals surface area contributed by atoms with Crippen LogP contribution in [0.5, 0.6) is 0 Å². The lowest BCUT2D eigenvalue weighted by Gasteiger charge is -2.30. The predicted molar refractivity (Wildman–Crippen MR) is 111 cm³/mol. The highest BCUT2D eigenvalue weighted by Gasteiger charge is 2.41. The molecule has 2 heterocycles. The lowest BCUT2D eigenvalue weighted by molar-refractivity contribution is -0.157. The van der Waals surface area contributed by atoms with Gasteiger partial charge < -0.3 is 24.8 Å². The summed E-state index contributed by atoms with van der Waals surface area (Å²) in [6, 6.07) is 0. The molecule has 7 heteroatoms. The van der Waals surface area contributed by atoms with E-state index >= 15 is 0 Å². The third-order valence-electron chi connectivity index (χ3n) is 6.29. The maximum absolute atomic E-state index is 12.6. The first kappa shape index (κ1) is 24.7. The number of aliphatic hydroxyl groups excluding tert-OH is 3. The highest BCUT2D eigenvalue weighted by molar-refractivity contribution is 5.91. The van der Waals surface area contributed by atoms with Crippen LogP contribution in [0.15, 0.2) is 23.8 Å². The van der Waals surface area contributed by atoms with Gasteiger partial charge in [0.15, 0.2) is 12.1 Å². The second-order valence-electron chi connectivity index (χ2n) is 8.75. The van der Waals surface area contributed by atoms with Crippen LogP contribution in [0.3, 0.4) is 0 Å². The van der Waals surface area contributed by atoms with Gasteiger partial charge in [0.25, 0.3) is 0 Å². The van der Waals surface area contributed by atoms with Crippen molar-refractivity contribution in [1.29, 1.82) is 0 Å². The molecule has 0 amide bonds. The number of ketones is 1. The normalized spacial score (nSPS) is 42.2. The first-order valence-corrected chi connectivity index (χ1v) is 10.9. The van der Waals surface area contributed by atoms with Crippen LogP contribution in [-0.2, 0) is 19.1 Å². The molecule has 8 atom stereocenters. The quantitative estimate of drug-likeness (QED) is 0.582. The number of ether oxygens (including phenoxy) is 2. The molecule has 2 aliphatic heterocycles. The van der Waals surface area contributed by atoms with Crippen LogP contribution in [0.4, 0.5) is 0 Å². The monoisotopic (exact) mass is 424 g/mol. The first-order chi connectivity index (χ1) is 14.2. The second kappa shape index (κ2) is 11.2. The highest BCUT2D eigenvalue weighted by Crippen LogP contribution is 2.37. The van der Waals surface area contributed by atoms with E-state index in [-0.39, 0.29) is 30.6 Å². The number of esters is 1. The molecule has 0 aromatic rings. The smallest absolute Gasteiger partial charge is 0.308 e. The van der Waals surface area contributed by atoms with Crippen LogP contribution in [0, 0.1) is 23.7 Å². The molecule has 8 unspecified atom stereocenters. The van der Waals surface area contributed by atoms with Crippen LogP contribution < -0.4 is 0 Å². The molecule has 0 radical (unpaired) electrons. The van der Waals surface area contributed by atoms with E-state index in [1.807, 2.05) is 20.8 Å². The summed E-state index contributed by atoms with van der Waals surface area (Å²) in [7, 11) is 0. The van der Waals surface area contributed by atoms with Gasteiger partial charge in [-0.2, -0.15) is 0 Å². The molecule has 30 heavy (non-hydrogen) atoms. The van der Waals surface area contributed by atoms with Crippen molar-refractivity contribution in [3.8, 4) is 0 Å². The van der Waals surface area contributed by atoms with Gasteiger partial charge in [0.05, 0.1) is 25.2 Å². The van der Waals surface area contributed by atoms with Crippen molar-refractivity contribution in [1.82, 2.24) is 0 Å². The van der Waals surface area contributed by atoms with Crippen molar-refractivity contribution in [3.63, 3.8) is 0 Å². The minimum Gasteiger partial charge on any atom is -0.462 e. The van der Waals surface area contributed by atoms with Crippen LogP contribution >= 0.6 is 0 Å². The molecule has 0 aromatic heterocycles. The zero-order chi connectivity index (χ0) is 22.4. The van der Waals surface area contributed by atoms with Crippen molar-refractivity contribution >= 4 is 11.8 Å². The van der Waals surface area contributed by atoms with Gasteiger partial charge in [0, 0.05) is 24.2 Å². The Morgan fingerprint density at radius 3 is 2.47 bits per heavy atom. The predicted octanol–water partition coefficient (Wildman–Crippen LogP) is 2.14. The largest absolute Gasteiger partial charge is 0.462 e. The summed E-state index contributed by atoms with van der Waals surface area (Å²) < 4.78 is 11.2. The topological polar surface area (TPSA) is 113 Å². The third-order valence-corrected chi connectivity index (χ3v) is 6.29. The average Bonchev–Trinajstić information content (AvgIpc) is 3.06. The Morgan fingerprint density at radius 1 is 1.13 bits per heavy atom. The Balaban J connectivity index is 2.33. The molecule has 170 valence electrons. The molecule has 1 fully saturated rings. The maximum atomic E-state index is 12.6. The number of hydrogen-bond acceptors (Lipinski definition) is 7. The van der Waals surface area contributed by atoms with E-state index in [4.69, 9.17) is 9.47 Å². The van der Waals surface area contributed by atoms with Crippen molar-refractivity contribution in [2.24, 2.45) is 23.7 Å². The Kier molecular flexibility index (Phi) is 9.22. The third kappa shape index (κ3) is 6.48. The van der Waals surface area contributed by atoms with Gasteiger partial charge in [-0.1, -0.05) is 38.5 Å². The second-order valence-corrected chi connectivity index (χ2v) is 8.75. The molecular weight excluding hydrogens is 388 g/mol. The number of fused-ring (bicyclic) bond motifs is 1. The summed E-state index contributed by atoms with van der Waals surface area (Å²) in [6.07, 6.45) is 3.33. The van der Waals surface area contributed by atoms with Crippen molar-refractivity contribution in [2.75, 3.05) is 6.61 Å². The summed E-state index contributed by atoms with van der Waals surface area (Å²) >= 11 is 0. The summed E-state index contributed by atoms with van der Waals surface area (Å²) in [5, 5.41) is 30.4. The van der Waals surface area contributed by atoms with Gasteiger partial charge in [-0.15, -0.1) is 0 Å². The summed E-state index contributed by atoms with van der Waals surface area (Å²) in [5.41, 5.74) is 0.794. The molecule has 2 rings (SSSR count). The van der Waals surface area contributed by atoms with Crippen LogP contribution in [0.2, 0.25) is 0 Å². The fourth-order valence-corrected chi connectivity index (χ4v) is 4.41. The number of aliphatic hydroxyl groups is 3. The molecule has 3 N–H and O–H groups in total. The van der Waals surface area contributed by atoms with E-state index in [2.05, 4.69) is 0 Å². The first-order valence-electron chi connectivity index (χ1n) is 10.9. The highest BCUT2D eigenvalue weighted by atomic mass is 16.6. The van der Waals surface area contributed by atoms with Crippen LogP contribution in [0.1, 0.15) is 53.4 Å². The minimum absolute atomic E-state index is 0.0257. The minimum atomic E-state index is -1.00. The lowest BCUT2D eigenvalue weighted by atomic mass is 9.81. The van der Waals surface area contributed by atoms with E-state index in [9.17, 15) is 24.9 Å². The average molecular weight is 425 g/mol. The lowest BCUT2D eigenvalue weighted by Crippen LogP contribution is -2.37. The molecule has 2 aliphatic rings. The van der Waals surface area contributed by atoms with Crippen molar-refractivity contribution in [3.05, 3.63) is 23.8 Å². The Labute approximate surface area is 178 Å². The number of rotatable bonds is 2. The van der Waals surface area contributed by atoms with Gasteiger partial charge in [-0.3, -0.25) is 9.59 Å². The van der Waals surface area contributed by atoms with Crippen LogP contribution in [-0.4, -0.2) is 58.3 Å². The number of cyclic esters (lactones) is 1. The van der Waals surface area contributed by atoms with Gasteiger partial charge in [-0.05, 0) is 31.8 Å². The zero-order valence-corrected chi connectivity index (χ0v) is 18.4. The molecule has 1 saturated heterocycles. The van der Waals surface area contributed by atoms with E-state index in [1.54, 1.807) is 19.1 Å². The van der Waals surface area contributed by atoms with E-state index < -0.39 is 42.4 Å². The molecule has 7 nitrogen and oxygen atoms in total. The fourth-order valence-electron chi connectivity index (χ4n) is 4.41. The standard InChI is InChI=1S/C23H36O7/c1-5-20-17(12-24)8-13(2)6-7-18(25)14(3)9-16-10-21(27)30-23(16)15(4)19(26)11-22(28)29-20/h6-8,14-17,19-21,23-24,26-27H,5,9-12H2,1-4H3/b7-6+,13-8+. The summed E-state index contributed by atoms with van der Waals surface area (Å²) in [6.45, 7) is 7.12. The van der Waals surface area contributed by atoms with Gasteiger partial charge in [0.1, 0.15) is 6.10 Å². The van der Waals surface area contributed by atoms with Gasteiger partial charge in [-0.25, -0.2) is 0 Å². The molecule has 0 aromatic carbocycles. The number of carbonyl (C=O) groups excluding carboxylic acids is 2. The Hall–Kier alpha value is -1.54.